The molecule has 264 valence electrons. The Morgan fingerprint density at radius 2 is 1.30 bits per heavy atom. The number of amides is 3. The number of nitrogens with zero attached hydrogens (tertiary/aromatic N) is 3. The van der Waals surface area contributed by atoms with Gasteiger partial charge in [0.15, 0.2) is 6.29 Å². The summed E-state index contributed by atoms with van der Waals surface area (Å²) in [4.78, 5) is 57.8. The zero-order valence-corrected chi connectivity index (χ0v) is 30.8. The summed E-state index contributed by atoms with van der Waals surface area (Å²) >= 11 is 0. The number of imide groups is 1. The van der Waals surface area contributed by atoms with Gasteiger partial charge in [0.25, 0.3) is 17.7 Å². The Kier molecular flexibility index (Phi) is 13.2. The lowest BCUT2D eigenvalue weighted by atomic mass is 9.93. The number of carbonyl (C=O) groups excluding carboxylic acids is 4. The number of hydrogen-bond acceptors (Lipinski definition) is 10. The molecule has 5 rings (SSSR count). The van der Waals surface area contributed by atoms with Crippen molar-refractivity contribution in [3.05, 3.63) is 82.9 Å². The first-order chi connectivity index (χ1) is 24.2. The molecule has 0 saturated carbocycles. The second-order valence-electron chi connectivity index (χ2n) is 12.8. The second-order valence-corrected chi connectivity index (χ2v) is 15.5. The van der Waals surface area contributed by atoms with Gasteiger partial charge in [0.1, 0.15) is 0 Å². The van der Waals surface area contributed by atoms with Crippen LogP contribution in [0.25, 0.3) is 21.5 Å². The molecule has 4 aromatic carbocycles. The predicted octanol–water partition coefficient (Wildman–Crippen LogP) is 5.94. The maximum Gasteiger partial charge on any atom is 0.261 e. The number of hydrogen-bond donors (Lipinski definition) is 3. The summed E-state index contributed by atoms with van der Waals surface area (Å²) in [5.74, 6) is 0.413. The number of benzene rings is 4. The van der Waals surface area contributed by atoms with Crippen molar-refractivity contribution in [2.45, 2.75) is 12.8 Å². The van der Waals surface area contributed by atoms with Crippen LogP contribution in [0.1, 0.15) is 54.3 Å². The summed E-state index contributed by atoms with van der Waals surface area (Å²) in [6, 6.07) is 18.6. The molecule has 3 amide bonds. The molecule has 0 bridgehead atoms. The van der Waals surface area contributed by atoms with Crippen LogP contribution < -0.4 is 16.0 Å². The molecule has 12 heteroatoms. The van der Waals surface area contributed by atoms with E-state index in [4.69, 9.17) is 0 Å². The second kappa shape index (κ2) is 17.7. The third kappa shape index (κ3) is 8.79. The smallest absolute Gasteiger partial charge is 0.261 e. The third-order valence-corrected chi connectivity index (χ3v) is 11.0. The van der Waals surface area contributed by atoms with Gasteiger partial charge < -0.3 is 25.8 Å². The van der Waals surface area contributed by atoms with Crippen molar-refractivity contribution >= 4 is 78.5 Å². The van der Waals surface area contributed by atoms with E-state index >= 15 is 0 Å². The molecule has 0 spiro atoms. The van der Waals surface area contributed by atoms with E-state index in [9.17, 15) is 19.2 Å². The summed E-state index contributed by atoms with van der Waals surface area (Å²) in [5.41, 5.74) is 3.85. The Morgan fingerprint density at radius 1 is 0.720 bits per heavy atom. The average Bonchev–Trinajstić information content (AvgIpc) is 3.11. The first kappa shape index (κ1) is 37.2. The van der Waals surface area contributed by atoms with Gasteiger partial charge in [-0.15, -0.1) is 0 Å². The molecule has 1 heterocycles. The summed E-state index contributed by atoms with van der Waals surface area (Å²) in [7, 11) is 11.3. The molecule has 0 radical (unpaired) electrons. The predicted molar refractivity (Wildman–Crippen MR) is 209 cm³/mol. The number of fused-ring (bicyclic) bond motifs is 1. The molecule has 0 aliphatic carbocycles. The number of nitrogens with one attached hydrogen (secondary N) is 3. The maximum absolute atomic E-state index is 13.5. The van der Waals surface area contributed by atoms with E-state index in [1.54, 1.807) is 39.8 Å². The highest BCUT2D eigenvalue weighted by Gasteiger charge is 2.33. The van der Waals surface area contributed by atoms with Gasteiger partial charge in [0.05, 0.1) is 0 Å². The molecular formula is C38H46N6O4S2. The molecule has 0 aromatic heterocycles. The highest BCUT2D eigenvalue weighted by molar-refractivity contribution is 8.76. The Labute approximate surface area is 302 Å². The van der Waals surface area contributed by atoms with Crippen LogP contribution in [0.15, 0.2) is 60.7 Å². The SMILES string of the molecule is CN(C)CCCNc1ccc(C(=O)NCCSSCCN2C(=O)c3cccc4c(NCCCN(C)C)ccc(c34)C2=O)c2c(C=O)cccc12. The lowest BCUT2D eigenvalue weighted by Gasteiger charge is -2.27. The van der Waals surface area contributed by atoms with Crippen LogP contribution >= 0.6 is 21.6 Å². The van der Waals surface area contributed by atoms with E-state index in [1.165, 1.54) is 4.90 Å². The standard InChI is InChI=1S/C38H46N6O4S2/c1-42(2)20-7-17-39-32-15-13-29(34-26(25-45)9-5-10-27(32)34)36(46)41-19-23-49-50-24-22-44-37(47)30-12-6-11-28-33(40-18-8-21-43(3)4)16-14-31(35(28)30)38(44)48/h5-6,9-16,25,39-40H,7-8,17-24H2,1-4H3,(H,41,46). The van der Waals surface area contributed by atoms with E-state index in [1.807, 2.05) is 70.7 Å². The molecule has 1 aliphatic rings. The topological polar surface area (TPSA) is 114 Å². The minimum absolute atomic E-state index is 0.238. The van der Waals surface area contributed by atoms with Crippen molar-refractivity contribution in [1.82, 2.24) is 20.0 Å². The van der Waals surface area contributed by atoms with Crippen LogP contribution in [-0.4, -0.2) is 118 Å². The van der Waals surface area contributed by atoms with Gasteiger partial charge in [0.2, 0.25) is 0 Å². The number of rotatable bonds is 19. The van der Waals surface area contributed by atoms with Crippen molar-refractivity contribution in [3.63, 3.8) is 0 Å². The minimum atomic E-state index is -0.271. The molecule has 50 heavy (non-hydrogen) atoms. The van der Waals surface area contributed by atoms with Crippen LogP contribution in [-0.2, 0) is 0 Å². The van der Waals surface area contributed by atoms with Crippen molar-refractivity contribution in [3.8, 4) is 0 Å². The molecule has 3 N–H and O–H groups in total. The van der Waals surface area contributed by atoms with Crippen molar-refractivity contribution < 1.29 is 19.2 Å². The molecule has 0 saturated heterocycles. The molecule has 0 unspecified atom stereocenters. The molecule has 0 fully saturated rings. The van der Waals surface area contributed by atoms with Crippen LogP contribution in [0, 0.1) is 0 Å². The Bertz CT molecular complexity index is 1840. The lowest BCUT2D eigenvalue weighted by molar-refractivity contribution is 0.0620. The molecule has 4 aromatic rings. The summed E-state index contributed by atoms with van der Waals surface area (Å²) < 4.78 is 0. The summed E-state index contributed by atoms with van der Waals surface area (Å²) in [6.45, 7) is 4.21. The Hall–Kier alpha value is -4.10. The zero-order chi connectivity index (χ0) is 35.6. The zero-order valence-electron chi connectivity index (χ0n) is 29.2. The van der Waals surface area contributed by atoms with Crippen molar-refractivity contribution in [2.24, 2.45) is 0 Å². The highest BCUT2D eigenvalue weighted by Crippen LogP contribution is 2.35. The van der Waals surface area contributed by atoms with Crippen molar-refractivity contribution in [1.29, 1.82) is 0 Å². The first-order valence-electron chi connectivity index (χ1n) is 16.9. The van der Waals surface area contributed by atoms with Gasteiger partial charge in [-0.1, -0.05) is 51.9 Å². The van der Waals surface area contributed by atoms with Crippen LogP contribution in [0.4, 0.5) is 11.4 Å². The van der Waals surface area contributed by atoms with Gasteiger partial charge in [-0.25, -0.2) is 0 Å². The molecule has 1 aliphatic heterocycles. The number of anilines is 2. The highest BCUT2D eigenvalue weighted by atomic mass is 33.1. The summed E-state index contributed by atoms with van der Waals surface area (Å²) in [5, 5.41) is 13.0. The van der Waals surface area contributed by atoms with Gasteiger partial charge in [-0.05, 0) is 84.5 Å². The van der Waals surface area contributed by atoms with Crippen LogP contribution in [0.5, 0.6) is 0 Å². The number of carbonyl (C=O) groups is 4. The average molecular weight is 715 g/mol. The first-order valence-corrected chi connectivity index (χ1v) is 19.4. The van der Waals surface area contributed by atoms with E-state index in [-0.39, 0.29) is 24.3 Å². The minimum Gasteiger partial charge on any atom is -0.384 e. The van der Waals surface area contributed by atoms with Gasteiger partial charge >= 0.3 is 0 Å². The molecule has 10 nitrogen and oxygen atoms in total. The van der Waals surface area contributed by atoms with E-state index in [0.717, 1.165) is 67.5 Å². The van der Waals surface area contributed by atoms with Crippen molar-refractivity contribution in [2.75, 3.05) is 89.6 Å². The van der Waals surface area contributed by atoms with Crippen LogP contribution in [0.3, 0.4) is 0 Å². The van der Waals surface area contributed by atoms with Gasteiger partial charge in [0, 0.05) is 92.9 Å². The lowest BCUT2D eigenvalue weighted by Crippen LogP contribution is -2.41. The maximum atomic E-state index is 13.5. The fourth-order valence-corrected chi connectivity index (χ4v) is 8.02. The van der Waals surface area contributed by atoms with E-state index in [0.29, 0.717) is 51.1 Å². The fraction of sp³-hybridized carbons (Fsp3) is 0.368. The van der Waals surface area contributed by atoms with Crippen LogP contribution in [0.2, 0.25) is 0 Å². The molecule has 0 atom stereocenters. The van der Waals surface area contributed by atoms with Gasteiger partial charge in [-0.2, -0.15) is 0 Å². The fourth-order valence-electron chi connectivity index (χ4n) is 6.16. The Balaban J connectivity index is 1.12. The third-order valence-electron chi connectivity index (χ3n) is 8.58. The number of aldehydes is 1. The normalized spacial score (nSPS) is 12.7. The van der Waals surface area contributed by atoms with Gasteiger partial charge in [-0.3, -0.25) is 24.1 Å². The monoisotopic (exact) mass is 714 g/mol. The quantitative estimate of drug-likeness (QED) is 0.0467. The summed E-state index contributed by atoms with van der Waals surface area (Å²) in [6.07, 6.45) is 2.74. The largest absolute Gasteiger partial charge is 0.384 e. The molecular weight excluding hydrogens is 669 g/mol. The Morgan fingerprint density at radius 3 is 1.94 bits per heavy atom. The van der Waals surface area contributed by atoms with E-state index < -0.39 is 0 Å². The van der Waals surface area contributed by atoms with E-state index in [2.05, 4.69) is 25.8 Å².